The minimum absolute atomic E-state index is 0.149. The SMILES string of the molecule is CC1(C)CC(Nc2cccc(NC(=O)CO)c2)C(C)(C)O1. The molecule has 1 saturated heterocycles. The van der Waals surface area contributed by atoms with E-state index in [4.69, 9.17) is 9.84 Å². The lowest BCUT2D eigenvalue weighted by Gasteiger charge is -2.28. The maximum atomic E-state index is 11.2. The normalized spacial score (nSPS) is 22.8. The van der Waals surface area contributed by atoms with Gasteiger partial charge in [0, 0.05) is 11.4 Å². The largest absolute Gasteiger partial charge is 0.387 e. The highest BCUT2D eigenvalue weighted by atomic mass is 16.5. The number of hydrogen-bond acceptors (Lipinski definition) is 4. The van der Waals surface area contributed by atoms with Crippen molar-refractivity contribution in [3.63, 3.8) is 0 Å². The van der Waals surface area contributed by atoms with Crippen LogP contribution in [0.3, 0.4) is 0 Å². The number of hydrogen-bond donors (Lipinski definition) is 3. The summed E-state index contributed by atoms with van der Waals surface area (Å²) in [4.78, 5) is 11.2. The molecule has 0 bridgehead atoms. The van der Waals surface area contributed by atoms with Crippen LogP contribution in [0.2, 0.25) is 0 Å². The summed E-state index contributed by atoms with van der Waals surface area (Å²) in [6.45, 7) is 7.82. The van der Waals surface area contributed by atoms with Gasteiger partial charge < -0.3 is 20.5 Å². The van der Waals surface area contributed by atoms with Gasteiger partial charge in [0.25, 0.3) is 0 Å². The lowest BCUT2D eigenvalue weighted by atomic mass is 9.94. The molecule has 1 heterocycles. The molecule has 1 aliphatic rings. The fourth-order valence-corrected chi connectivity index (χ4v) is 2.88. The maximum absolute atomic E-state index is 11.2. The van der Waals surface area contributed by atoms with Crippen LogP contribution < -0.4 is 10.6 Å². The summed E-state index contributed by atoms with van der Waals surface area (Å²) < 4.78 is 6.07. The zero-order valence-corrected chi connectivity index (χ0v) is 13.1. The Balaban J connectivity index is 2.10. The second-order valence-corrected chi connectivity index (χ2v) is 6.65. The number of amides is 1. The minimum Gasteiger partial charge on any atom is -0.387 e. The highest BCUT2D eigenvalue weighted by molar-refractivity contribution is 5.91. The first-order valence-electron chi connectivity index (χ1n) is 7.19. The lowest BCUT2D eigenvalue weighted by Crippen LogP contribution is -2.38. The number of rotatable bonds is 4. The fourth-order valence-electron chi connectivity index (χ4n) is 2.88. The van der Waals surface area contributed by atoms with E-state index >= 15 is 0 Å². The second kappa shape index (κ2) is 5.66. The van der Waals surface area contributed by atoms with E-state index in [0.29, 0.717) is 5.69 Å². The monoisotopic (exact) mass is 292 g/mol. The van der Waals surface area contributed by atoms with Crippen molar-refractivity contribution >= 4 is 17.3 Å². The predicted molar refractivity (Wildman–Crippen MR) is 83.4 cm³/mol. The van der Waals surface area contributed by atoms with Crippen LogP contribution in [-0.2, 0) is 9.53 Å². The van der Waals surface area contributed by atoms with Crippen LogP contribution in [-0.4, -0.2) is 34.9 Å². The summed E-state index contributed by atoms with van der Waals surface area (Å²) in [5.74, 6) is -0.419. The van der Waals surface area contributed by atoms with Gasteiger partial charge in [-0.05, 0) is 52.3 Å². The van der Waals surface area contributed by atoms with Crippen LogP contribution in [0.25, 0.3) is 0 Å². The molecule has 1 amide bonds. The summed E-state index contributed by atoms with van der Waals surface area (Å²) in [6, 6.07) is 7.66. The lowest BCUT2D eigenvalue weighted by molar-refractivity contribution is -0.118. The molecule has 1 aromatic rings. The first-order chi connectivity index (χ1) is 9.72. The van der Waals surface area contributed by atoms with Crippen molar-refractivity contribution in [2.24, 2.45) is 0 Å². The van der Waals surface area contributed by atoms with Gasteiger partial charge in [0.2, 0.25) is 5.91 Å². The minimum atomic E-state index is -0.519. The molecule has 1 aromatic carbocycles. The summed E-state index contributed by atoms with van der Waals surface area (Å²) in [6.07, 6.45) is 0.910. The second-order valence-electron chi connectivity index (χ2n) is 6.65. The van der Waals surface area contributed by atoms with Crippen LogP contribution in [0.1, 0.15) is 34.1 Å². The molecule has 0 spiro atoms. The quantitative estimate of drug-likeness (QED) is 0.797. The van der Waals surface area contributed by atoms with Crippen LogP contribution >= 0.6 is 0 Å². The molecule has 1 fully saturated rings. The average Bonchev–Trinajstić information content (AvgIpc) is 2.57. The molecule has 1 atom stereocenters. The van der Waals surface area contributed by atoms with Gasteiger partial charge in [0.15, 0.2) is 0 Å². The summed E-state index contributed by atoms with van der Waals surface area (Å²) >= 11 is 0. The molecule has 0 radical (unpaired) electrons. The van der Waals surface area contributed by atoms with Crippen molar-refractivity contribution < 1.29 is 14.6 Å². The van der Waals surface area contributed by atoms with E-state index in [1.54, 1.807) is 6.07 Å². The van der Waals surface area contributed by atoms with Crippen molar-refractivity contribution in [1.82, 2.24) is 0 Å². The Labute approximate surface area is 125 Å². The highest BCUT2D eigenvalue weighted by Gasteiger charge is 2.45. The first-order valence-corrected chi connectivity index (χ1v) is 7.19. The van der Waals surface area contributed by atoms with Crippen molar-refractivity contribution in [2.75, 3.05) is 17.2 Å². The molecule has 0 aromatic heterocycles. The van der Waals surface area contributed by atoms with Crippen molar-refractivity contribution in [3.8, 4) is 0 Å². The first kappa shape index (κ1) is 15.8. The standard InChI is InChI=1S/C16H24N2O3/c1-15(2)9-13(16(3,4)21-15)17-11-6-5-7-12(8-11)18-14(20)10-19/h5-8,13,17,19H,9-10H2,1-4H3,(H,18,20). The molecular weight excluding hydrogens is 268 g/mol. The molecule has 5 nitrogen and oxygen atoms in total. The third-order valence-electron chi connectivity index (χ3n) is 3.71. The number of carbonyl (C=O) groups excluding carboxylic acids is 1. The number of benzene rings is 1. The van der Waals surface area contributed by atoms with E-state index in [1.807, 2.05) is 18.2 Å². The smallest absolute Gasteiger partial charge is 0.250 e. The van der Waals surface area contributed by atoms with Gasteiger partial charge in [-0.25, -0.2) is 0 Å². The average molecular weight is 292 g/mol. The molecule has 0 aliphatic carbocycles. The van der Waals surface area contributed by atoms with Crippen LogP contribution in [0.15, 0.2) is 24.3 Å². The zero-order valence-electron chi connectivity index (χ0n) is 13.1. The van der Waals surface area contributed by atoms with Crippen LogP contribution in [0.4, 0.5) is 11.4 Å². The third-order valence-corrected chi connectivity index (χ3v) is 3.71. The third kappa shape index (κ3) is 3.95. The van der Waals surface area contributed by atoms with E-state index in [-0.39, 0.29) is 17.2 Å². The van der Waals surface area contributed by atoms with E-state index in [0.717, 1.165) is 12.1 Å². The van der Waals surface area contributed by atoms with Gasteiger partial charge in [0.05, 0.1) is 17.2 Å². The molecule has 1 unspecified atom stereocenters. The Bertz CT molecular complexity index is 526. The number of carbonyl (C=O) groups is 1. The number of aliphatic hydroxyl groups is 1. The molecule has 0 saturated carbocycles. The van der Waals surface area contributed by atoms with Gasteiger partial charge in [-0.3, -0.25) is 4.79 Å². The Kier molecular flexibility index (Phi) is 4.25. The molecule has 5 heteroatoms. The summed E-state index contributed by atoms with van der Waals surface area (Å²) in [5.41, 5.74) is 1.18. The van der Waals surface area contributed by atoms with Gasteiger partial charge in [-0.15, -0.1) is 0 Å². The van der Waals surface area contributed by atoms with Crippen molar-refractivity contribution in [2.45, 2.75) is 51.4 Å². The molecular formula is C16H24N2O3. The van der Waals surface area contributed by atoms with E-state index in [1.165, 1.54) is 0 Å². The Morgan fingerprint density at radius 1 is 1.33 bits per heavy atom. The van der Waals surface area contributed by atoms with Crippen LogP contribution in [0.5, 0.6) is 0 Å². The van der Waals surface area contributed by atoms with Crippen LogP contribution in [0, 0.1) is 0 Å². The van der Waals surface area contributed by atoms with E-state index in [9.17, 15) is 4.79 Å². The van der Waals surface area contributed by atoms with Gasteiger partial charge in [0.1, 0.15) is 6.61 Å². The number of nitrogens with one attached hydrogen (secondary N) is 2. The molecule has 116 valence electrons. The maximum Gasteiger partial charge on any atom is 0.250 e. The fraction of sp³-hybridized carbons (Fsp3) is 0.562. The summed E-state index contributed by atoms with van der Waals surface area (Å²) in [7, 11) is 0. The molecule has 1 aliphatic heterocycles. The Morgan fingerprint density at radius 3 is 2.57 bits per heavy atom. The highest BCUT2D eigenvalue weighted by Crippen LogP contribution is 2.38. The number of aliphatic hydroxyl groups excluding tert-OH is 1. The van der Waals surface area contributed by atoms with Crippen molar-refractivity contribution in [3.05, 3.63) is 24.3 Å². The van der Waals surface area contributed by atoms with E-state index < -0.39 is 12.5 Å². The van der Waals surface area contributed by atoms with Gasteiger partial charge in [-0.2, -0.15) is 0 Å². The molecule has 2 rings (SSSR count). The number of anilines is 2. The topological polar surface area (TPSA) is 70.6 Å². The van der Waals surface area contributed by atoms with Crippen molar-refractivity contribution in [1.29, 1.82) is 0 Å². The Hall–Kier alpha value is -1.59. The zero-order chi connectivity index (χ0) is 15.7. The Morgan fingerprint density at radius 2 is 2.00 bits per heavy atom. The van der Waals surface area contributed by atoms with Gasteiger partial charge >= 0.3 is 0 Å². The van der Waals surface area contributed by atoms with Gasteiger partial charge in [-0.1, -0.05) is 6.07 Å². The number of ether oxygens (including phenoxy) is 1. The molecule has 21 heavy (non-hydrogen) atoms. The molecule has 3 N–H and O–H groups in total. The summed E-state index contributed by atoms with van der Waals surface area (Å²) in [5, 5.41) is 14.9. The van der Waals surface area contributed by atoms with E-state index in [2.05, 4.69) is 38.3 Å². The predicted octanol–water partition coefficient (Wildman–Crippen LogP) is 2.38.